The Kier molecular flexibility index (Phi) is 5.30. The molecule has 2 aromatic carbocycles. The lowest BCUT2D eigenvalue weighted by molar-refractivity contribution is 0.320. The van der Waals surface area contributed by atoms with Gasteiger partial charge in [0.15, 0.2) is 0 Å². The molecule has 30 heavy (non-hydrogen) atoms. The van der Waals surface area contributed by atoms with E-state index >= 15 is 0 Å². The van der Waals surface area contributed by atoms with Gasteiger partial charge < -0.3 is 4.74 Å². The number of thiazole rings is 1. The summed E-state index contributed by atoms with van der Waals surface area (Å²) in [7, 11) is -9.69. The first kappa shape index (κ1) is 22.3. The fourth-order valence-corrected chi connectivity index (χ4v) is 4.41. The Morgan fingerprint density at radius 3 is 2.33 bits per heavy atom. The predicted octanol–water partition coefficient (Wildman–Crippen LogP) is 7.92. The molecule has 0 aliphatic heterocycles. The van der Waals surface area contributed by atoms with Crippen molar-refractivity contribution in [1.82, 2.24) is 4.98 Å². The number of benzene rings is 2. The molecule has 0 aliphatic carbocycles. The highest BCUT2D eigenvalue weighted by atomic mass is 35.5. The summed E-state index contributed by atoms with van der Waals surface area (Å²) in [5.74, 6) is 0.485. The lowest BCUT2D eigenvalue weighted by atomic mass is 10.2. The molecule has 0 atom stereocenters. The predicted molar refractivity (Wildman–Crippen MR) is 109 cm³/mol. The molecule has 3 aromatic rings. The SMILES string of the molecule is Cc1sc(-c2ccc(S(F)(F)(F)(F)F)cc2)nc1CCOc1ccc(C#N)c(Cl)c1. The van der Waals surface area contributed by atoms with Gasteiger partial charge in [0.25, 0.3) is 0 Å². The van der Waals surface area contributed by atoms with Gasteiger partial charge in [-0.15, -0.1) is 11.3 Å². The van der Waals surface area contributed by atoms with Crippen molar-refractivity contribution in [1.29, 1.82) is 5.26 Å². The molecule has 0 bridgehead atoms. The van der Waals surface area contributed by atoms with Crippen molar-refractivity contribution < 1.29 is 24.2 Å². The number of aromatic nitrogens is 1. The molecule has 0 N–H and O–H groups in total. The van der Waals surface area contributed by atoms with Crippen molar-refractivity contribution in [3.63, 3.8) is 0 Å². The van der Waals surface area contributed by atoms with Gasteiger partial charge in [0.05, 0.1) is 22.9 Å². The second-order valence-corrected chi connectivity index (χ2v) is 10.4. The summed E-state index contributed by atoms with van der Waals surface area (Å²) < 4.78 is 69.8. The van der Waals surface area contributed by atoms with E-state index in [9.17, 15) is 19.4 Å². The van der Waals surface area contributed by atoms with Gasteiger partial charge in [-0.3, -0.25) is 0 Å². The molecule has 0 spiro atoms. The van der Waals surface area contributed by atoms with Crippen molar-refractivity contribution in [3.8, 4) is 22.4 Å². The Morgan fingerprint density at radius 1 is 1.10 bits per heavy atom. The molecule has 11 heteroatoms. The molecule has 0 saturated heterocycles. The van der Waals surface area contributed by atoms with Crippen LogP contribution in [0.15, 0.2) is 47.4 Å². The maximum absolute atomic E-state index is 12.8. The van der Waals surface area contributed by atoms with Gasteiger partial charge in [0.2, 0.25) is 0 Å². The molecule has 0 amide bonds. The number of halogens is 6. The fraction of sp³-hybridized carbons (Fsp3) is 0.158. The third-order valence-electron chi connectivity index (χ3n) is 4.11. The first-order chi connectivity index (χ1) is 13.8. The highest BCUT2D eigenvalue weighted by Gasteiger charge is 2.65. The van der Waals surface area contributed by atoms with Crippen molar-refractivity contribution >= 4 is 33.2 Å². The number of hydrogen-bond donors (Lipinski definition) is 0. The molecule has 1 heterocycles. The van der Waals surface area contributed by atoms with Crippen molar-refractivity contribution in [2.45, 2.75) is 18.2 Å². The van der Waals surface area contributed by atoms with Crippen LogP contribution in [0.2, 0.25) is 5.02 Å². The lowest BCUT2D eigenvalue weighted by Crippen LogP contribution is -2.05. The number of nitrogens with zero attached hydrogens (tertiary/aromatic N) is 2. The fourth-order valence-electron chi connectivity index (χ4n) is 2.58. The normalized spacial score (nSPS) is 13.9. The number of nitriles is 1. The van der Waals surface area contributed by atoms with Crippen LogP contribution in [0.3, 0.4) is 0 Å². The van der Waals surface area contributed by atoms with E-state index in [1.807, 2.05) is 6.07 Å². The van der Waals surface area contributed by atoms with Crippen LogP contribution < -0.4 is 4.74 Å². The van der Waals surface area contributed by atoms with Crippen LogP contribution in [0.1, 0.15) is 16.1 Å². The highest BCUT2D eigenvalue weighted by Crippen LogP contribution is 3.02. The highest BCUT2D eigenvalue weighted by molar-refractivity contribution is 8.45. The average molecular weight is 481 g/mol. The van der Waals surface area contributed by atoms with E-state index in [-0.39, 0.29) is 11.6 Å². The van der Waals surface area contributed by atoms with E-state index in [0.29, 0.717) is 46.1 Å². The van der Waals surface area contributed by atoms with Gasteiger partial charge in [-0.2, -0.15) is 5.26 Å². The molecular formula is C19H14ClF5N2OS2. The van der Waals surface area contributed by atoms with Crippen molar-refractivity contribution in [2.24, 2.45) is 0 Å². The Bertz CT molecular complexity index is 1140. The van der Waals surface area contributed by atoms with E-state index in [0.717, 1.165) is 17.0 Å². The zero-order chi connectivity index (χ0) is 22.2. The Balaban J connectivity index is 1.70. The number of ether oxygens (including phenoxy) is 1. The standard InChI is InChI=1S/C19H14ClF5N2OS2/c1-12-18(8-9-28-15-5-2-14(11-26)17(20)10-15)27-19(29-12)13-3-6-16(7-4-13)30(21,22,23,24)25/h2-7,10H,8-9H2,1H3. The van der Waals surface area contributed by atoms with Gasteiger partial charge in [-0.1, -0.05) is 43.2 Å². The third kappa shape index (κ3) is 5.22. The summed E-state index contributed by atoms with van der Waals surface area (Å²) in [5.41, 5.74) is 1.34. The summed E-state index contributed by atoms with van der Waals surface area (Å²) in [5, 5.41) is 9.57. The van der Waals surface area contributed by atoms with Gasteiger partial charge in [0, 0.05) is 22.9 Å². The van der Waals surface area contributed by atoms with Crippen LogP contribution in [-0.4, -0.2) is 11.6 Å². The molecule has 0 saturated carbocycles. The quantitative estimate of drug-likeness (QED) is 0.336. The van der Waals surface area contributed by atoms with Gasteiger partial charge >= 0.3 is 10.2 Å². The largest absolute Gasteiger partial charge is 0.493 e. The molecule has 160 valence electrons. The van der Waals surface area contributed by atoms with Crippen molar-refractivity contribution in [3.05, 3.63) is 63.6 Å². The molecule has 0 radical (unpaired) electrons. The van der Waals surface area contributed by atoms with E-state index in [1.54, 1.807) is 19.1 Å². The Morgan fingerprint density at radius 2 is 1.77 bits per heavy atom. The van der Waals surface area contributed by atoms with E-state index in [2.05, 4.69) is 4.98 Å². The first-order valence-electron chi connectivity index (χ1n) is 8.40. The number of hydrogen-bond acceptors (Lipinski definition) is 4. The number of aryl methyl sites for hydroxylation is 1. The van der Waals surface area contributed by atoms with Crippen LogP contribution >= 0.6 is 33.2 Å². The molecule has 3 nitrogen and oxygen atoms in total. The molecule has 3 rings (SSSR count). The van der Waals surface area contributed by atoms with Crippen LogP contribution in [-0.2, 0) is 6.42 Å². The Labute approximate surface area is 178 Å². The third-order valence-corrected chi connectivity index (χ3v) is 6.65. The topological polar surface area (TPSA) is 45.9 Å². The zero-order valence-electron chi connectivity index (χ0n) is 15.3. The van der Waals surface area contributed by atoms with Gasteiger partial charge in [-0.25, -0.2) is 4.98 Å². The second-order valence-electron chi connectivity index (χ2n) is 6.37. The minimum absolute atomic E-state index is 0.259. The van der Waals surface area contributed by atoms with E-state index in [4.69, 9.17) is 21.6 Å². The molecular weight excluding hydrogens is 467 g/mol. The summed E-state index contributed by atoms with van der Waals surface area (Å²) >= 11 is 7.20. The Hall–Kier alpha value is -2.35. The van der Waals surface area contributed by atoms with E-state index < -0.39 is 15.1 Å². The van der Waals surface area contributed by atoms with Gasteiger partial charge in [-0.05, 0) is 31.2 Å². The van der Waals surface area contributed by atoms with Crippen LogP contribution in [0.4, 0.5) is 19.4 Å². The molecule has 0 fully saturated rings. The molecule has 0 unspecified atom stereocenters. The lowest BCUT2D eigenvalue weighted by Gasteiger charge is -2.40. The minimum atomic E-state index is -9.69. The molecule has 1 aromatic heterocycles. The summed E-state index contributed by atoms with van der Waals surface area (Å²) in [6, 6.07) is 9.37. The van der Waals surface area contributed by atoms with Crippen molar-refractivity contribution in [2.75, 3.05) is 6.61 Å². The monoisotopic (exact) mass is 480 g/mol. The summed E-state index contributed by atoms with van der Waals surface area (Å²) in [6.07, 6.45) is 0.420. The average Bonchev–Trinajstić information content (AvgIpc) is 3.01. The van der Waals surface area contributed by atoms with Crippen LogP contribution in [0, 0.1) is 18.3 Å². The van der Waals surface area contributed by atoms with Crippen LogP contribution in [0.5, 0.6) is 5.75 Å². The van der Waals surface area contributed by atoms with Crippen LogP contribution in [0.25, 0.3) is 10.6 Å². The number of rotatable bonds is 6. The maximum Gasteiger partial charge on any atom is 0.310 e. The second kappa shape index (κ2) is 7.11. The smallest absolute Gasteiger partial charge is 0.310 e. The summed E-state index contributed by atoms with van der Waals surface area (Å²) in [4.78, 5) is 3.30. The van der Waals surface area contributed by atoms with Gasteiger partial charge in [0.1, 0.15) is 21.7 Å². The molecule has 0 aliphatic rings. The maximum atomic E-state index is 12.8. The first-order valence-corrected chi connectivity index (χ1v) is 11.5. The minimum Gasteiger partial charge on any atom is -0.493 e. The summed E-state index contributed by atoms with van der Waals surface area (Å²) in [6.45, 7) is 2.06. The zero-order valence-corrected chi connectivity index (χ0v) is 17.7. The van der Waals surface area contributed by atoms with E-state index in [1.165, 1.54) is 17.4 Å².